The molecular formula is C23H19N5O2S2. The topological polar surface area (TPSA) is 96.7 Å². The first-order valence-electron chi connectivity index (χ1n) is 10.3. The van der Waals surface area contributed by atoms with Crippen LogP contribution in [-0.4, -0.2) is 26.4 Å². The highest BCUT2D eigenvalue weighted by atomic mass is 32.2. The summed E-state index contributed by atoms with van der Waals surface area (Å²) in [5.41, 5.74) is 2.61. The van der Waals surface area contributed by atoms with Gasteiger partial charge < -0.3 is 9.73 Å². The maximum Gasteiger partial charge on any atom is 0.235 e. The van der Waals surface area contributed by atoms with Gasteiger partial charge in [-0.15, -0.1) is 21.5 Å². The molecule has 3 aromatic heterocycles. The first-order chi connectivity index (χ1) is 15.7. The summed E-state index contributed by atoms with van der Waals surface area (Å²) in [5.74, 6) is 1.14. The van der Waals surface area contributed by atoms with E-state index in [1.54, 1.807) is 12.3 Å². The highest BCUT2D eigenvalue weighted by molar-refractivity contribution is 7.99. The number of carbonyl (C=O) groups excluding carboxylic acids is 1. The molecule has 1 aromatic carbocycles. The van der Waals surface area contributed by atoms with Crippen molar-refractivity contribution in [3.05, 3.63) is 64.7 Å². The number of hydrogen-bond acceptors (Lipinski definition) is 7. The number of hydrogen-bond donors (Lipinski definition) is 1. The molecule has 0 saturated heterocycles. The molecule has 1 N–H and O–H groups in total. The number of nitrogens with zero attached hydrogens (tertiary/aromatic N) is 4. The summed E-state index contributed by atoms with van der Waals surface area (Å²) in [6.07, 6.45) is 5.71. The lowest BCUT2D eigenvalue weighted by Crippen LogP contribution is -2.14. The average Bonchev–Trinajstić information content (AvgIpc) is 3.56. The third kappa shape index (κ3) is 3.95. The van der Waals surface area contributed by atoms with Crippen molar-refractivity contribution in [1.29, 1.82) is 5.26 Å². The second-order valence-electron chi connectivity index (χ2n) is 7.32. The number of amides is 1. The molecule has 9 heteroatoms. The summed E-state index contributed by atoms with van der Waals surface area (Å²) < 4.78 is 7.40. The molecule has 0 spiro atoms. The SMILES string of the molecule is N#Cc1c(NC(=O)CSc2nnc(-c3ccco3)n2-c2ccccc2)sc2c1CCCC2. The molecule has 1 aliphatic rings. The van der Waals surface area contributed by atoms with Gasteiger partial charge in [-0.05, 0) is 55.5 Å². The van der Waals surface area contributed by atoms with Gasteiger partial charge in [-0.2, -0.15) is 5.26 Å². The Hall–Kier alpha value is -3.35. The fourth-order valence-corrected chi connectivity index (χ4v) is 5.81. The zero-order chi connectivity index (χ0) is 21.9. The van der Waals surface area contributed by atoms with Gasteiger partial charge in [0, 0.05) is 10.6 Å². The number of aromatic nitrogens is 3. The Kier molecular flexibility index (Phi) is 5.79. The number of nitrogens with one attached hydrogen (secondary N) is 1. The predicted octanol–water partition coefficient (Wildman–Crippen LogP) is 5.07. The van der Waals surface area contributed by atoms with E-state index >= 15 is 0 Å². The fraction of sp³-hybridized carbons (Fsp3) is 0.217. The molecule has 0 aliphatic heterocycles. The molecule has 0 bridgehead atoms. The fourth-order valence-electron chi connectivity index (χ4n) is 3.80. The quantitative estimate of drug-likeness (QED) is 0.403. The normalized spacial score (nSPS) is 12.8. The van der Waals surface area contributed by atoms with Crippen molar-refractivity contribution in [2.75, 3.05) is 11.1 Å². The van der Waals surface area contributed by atoms with Crippen molar-refractivity contribution in [2.24, 2.45) is 0 Å². The van der Waals surface area contributed by atoms with Gasteiger partial charge in [0.25, 0.3) is 0 Å². The van der Waals surface area contributed by atoms with Crippen molar-refractivity contribution in [1.82, 2.24) is 14.8 Å². The molecule has 0 unspecified atom stereocenters. The summed E-state index contributed by atoms with van der Waals surface area (Å²) in [5, 5.41) is 22.4. The van der Waals surface area contributed by atoms with Crippen LogP contribution in [-0.2, 0) is 17.6 Å². The first kappa shape index (κ1) is 20.5. The third-order valence-electron chi connectivity index (χ3n) is 5.26. The maximum absolute atomic E-state index is 12.7. The van der Waals surface area contributed by atoms with Crippen molar-refractivity contribution < 1.29 is 9.21 Å². The molecule has 1 amide bonds. The molecule has 7 nitrogen and oxygen atoms in total. The van der Waals surface area contributed by atoms with Gasteiger partial charge in [-0.3, -0.25) is 9.36 Å². The minimum Gasteiger partial charge on any atom is -0.461 e. The predicted molar refractivity (Wildman–Crippen MR) is 124 cm³/mol. The van der Waals surface area contributed by atoms with Gasteiger partial charge in [0.1, 0.15) is 11.1 Å². The molecule has 0 radical (unpaired) electrons. The number of para-hydroxylation sites is 1. The second kappa shape index (κ2) is 9.02. The van der Waals surface area contributed by atoms with Crippen LogP contribution in [0.4, 0.5) is 5.00 Å². The second-order valence-corrected chi connectivity index (χ2v) is 9.37. The molecule has 4 aromatic rings. The van der Waals surface area contributed by atoms with Crippen LogP contribution in [0.25, 0.3) is 17.3 Å². The molecule has 0 fully saturated rings. The summed E-state index contributed by atoms with van der Waals surface area (Å²) >= 11 is 2.82. The van der Waals surface area contributed by atoms with Gasteiger partial charge in [0.05, 0.1) is 17.6 Å². The van der Waals surface area contributed by atoms with Gasteiger partial charge in [0.2, 0.25) is 11.7 Å². The number of nitriles is 1. The van der Waals surface area contributed by atoms with Crippen LogP contribution < -0.4 is 5.32 Å². The van der Waals surface area contributed by atoms with Crippen molar-refractivity contribution in [3.63, 3.8) is 0 Å². The zero-order valence-corrected chi connectivity index (χ0v) is 18.7. The number of benzene rings is 1. The standard InChI is InChI=1S/C23H19N5O2S2/c24-13-17-16-9-4-5-11-19(16)32-22(17)25-20(29)14-31-23-27-26-21(18-10-6-12-30-18)28(23)15-7-2-1-3-8-15/h1-3,6-8,10,12H,4-5,9,11,14H2,(H,25,29). The van der Waals surface area contributed by atoms with E-state index in [2.05, 4.69) is 21.6 Å². The Morgan fingerprint density at radius 2 is 2.03 bits per heavy atom. The van der Waals surface area contributed by atoms with Gasteiger partial charge in [-0.1, -0.05) is 30.0 Å². The lowest BCUT2D eigenvalue weighted by molar-refractivity contribution is -0.113. The Labute approximate surface area is 193 Å². The minimum absolute atomic E-state index is 0.149. The van der Waals surface area contributed by atoms with Crippen molar-refractivity contribution >= 4 is 34.0 Å². The molecule has 160 valence electrons. The van der Waals surface area contributed by atoms with Crippen molar-refractivity contribution in [3.8, 4) is 23.3 Å². The van der Waals surface area contributed by atoms with Gasteiger partial charge in [-0.25, -0.2) is 0 Å². The number of carbonyl (C=O) groups is 1. The van der Waals surface area contributed by atoms with E-state index in [1.165, 1.54) is 28.0 Å². The van der Waals surface area contributed by atoms with Gasteiger partial charge >= 0.3 is 0 Å². The summed E-state index contributed by atoms with van der Waals surface area (Å²) in [6.45, 7) is 0. The van der Waals surface area contributed by atoms with Crippen molar-refractivity contribution in [2.45, 2.75) is 30.8 Å². The Morgan fingerprint density at radius 1 is 1.19 bits per heavy atom. The zero-order valence-electron chi connectivity index (χ0n) is 17.1. The largest absolute Gasteiger partial charge is 0.461 e. The number of thiophene rings is 1. The van der Waals surface area contributed by atoms with Crippen LogP contribution in [0.15, 0.2) is 58.3 Å². The summed E-state index contributed by atoms with van der Waals surface area (Å²) in [7, 11) is 0. The molecule has 3 heterocycles. The van der Waals surface area contributed by atoms with Crippen LogP contribution in [0.2, 0.25) is 0 Å². The van der Waals surface area contributed by atoms with E-state index in [1.807, 2.05) is 41.0 Å². The third-order valence-corrected chi connectivity index (χ3v) is 7.39. The van der Waals surface area contributed by atoms with E-state index in [4.69, 9.17) is 4.42 Å². The van der Waals surface area contributed by atoms with Crippen LogP contribution in [0.1, 0.15) is 28.8 Å². The number of furan rings is 1. The number of thioether (sulfide) groups is 1. The summed E-state index contributed by atoms with van der Waals surface area (Å²) in [6, 6.07) is 15.6. The molecule has 5 rings (SSSR count). The molecular weight excluding hydrogens is 442 g/mol. The smallest absolute Gasteiger partial charge is 0.235 e. The highest BCUT2D eigenvalue weighted by Crippen LogP contribution is 2.37. The molecule has 0 atom stereocenters. The average molecular weight is 462 g/mol. The minimum atomic E-state index is -0.174. The number of anilines is 1. The Morgan fingerprint density at radius 3 is 2.81 bits per heavy atom. The van der Waals surface area contributed by atoms with Crippen LogP contribution in [0.3, 0.4) is 0 Å². The van der Waals surface area contributed by atoms with E-state index in [0.717, 1.165) is 36.9 Å². The first-order valence-corrected chi connectivity index (χ1v) is 12.1. The maximum atomic E-state index is 12.7. The molecule has 32 heavy (non-hydrogen) atoms. The van der Waals surface area contributed by atoms with Crippen LogP contribution in [0.5, 0.6) is 0 Å². The number of rotatable bonds is 6. The van der Waals surface area contributed by atoms with Crippen LogP contribution in [0, 0.1) is 11.3 Å². The van der Waals surface area contributed by atoms with Crippen LogP contribution >= 0.6 is 23.1 Å². The Balaban J connectivity index is 1.36. The van der Waals surface area contributed by atoms with E-state index in [0.29, 0.717) is 27.3 Å². The highest BCUT2D eigenvalue weighted by Gasteiger charge is 2.23. The monoisotopic (exact) mass is 461 g/mol. The van der Waals surface area contributed by atoms with E-state index < -0.39 is 0 Å². The van der Waals surface area contributed by atoms with E-state index in [-0.39, 0.29) is 11.7 Å². The number of fused-ring (bicyclic) bond motifs is 1. The number of aryl methyl sites for hydroxylation is 1. The summed E-state index contributed by atoms with van der Waals surface area (Å²) in [4.78, 5) is 14.0. The van der Waals surface area contributed by atoms with E-state index in [9.17, 15) is 10.1 Å². The lowest BCUT2D eigenvalue weighted by atomic mass is 9.96. The molecule has 0 saturated carbocycles. The van der Waals surface area contributed by atoms with Gasteiger partial charge in [0.15, 0.2) is 10.9 Å². The lowest BCUT2D eigenvalue weighted by Gasteiger charge is -2.09. The molecule has 1 aliphatic carbocycles. The Bertz CT molecular complexity index is 1290.